The first kappa shape index (κ1) is 6.77. The van der Waals surface area contributed by atoms with Gasteiger partial charge in [-0.1, -0.05) is 0 Å². The Morgan fingerprint density at radius 2 is 2.44 bits per heavy atom. The van der Waals surface area contributed by atoms with Crippen molar-refractivity contribution in [3.63, 3.8) is 0 Å². The molecular weight excluding hydrogens is 202 g/mol. The number of thiophene rings is 1. The maximum absolute atomic E-state index is 10.1. The van der Waals surface area contributed by atoms with E-state index in [2.05, 4.69) is 15.9 Å². The van der Waals surface area contributed by atoms with Crippen molar-refractivity contribution in [1.82, 2.24) is 0 Å². The first-order valence-electron chi connectivity index (χ1n) is 2.24. The van der Waals surface area contributed by atoms with E-state index in [1.807, 2.05) is 0 Å². The number of hydrogen-bond acceptors (Lipinski definition) is 3. The Kier molecular flexibility index (Phi) is 1.87. The number of hydrogen-bond donors (Lipinski definition) is 1. The minimum absolute atomic E-state index is 0.650. The molecule has 0 aliphatic carbocycles. The van der Waals surface area contributed by atoms with Gasteiger partial charge in [-0.15, -0.1) is 11.3 Å². The third-order valence-electron chi connectivity index (χ3n) is 0.848. The van der Waals surface area contributed by atoms with Crippen molar-refractivity contribution in [3.05, 3.63) is 15.4 Å². The molecule has 1 aromatic heterocycles. The summed E-state index contributed by atoms with van der Waals surface area (Å²) in [5.74, 6) is 0. The molecule has 4 heteroatoms. The molecule has 0 radical (unpaired) electrons. The summed E-state index contributed by atoms with van der Waals surface area (Å²) < 4.78 is 0.801. The van der Waals surface area contributed by atoms with Gasteiger partial charge in [-0.2, -0.15) is 0 Å². The van der Waals surface area contributed by atoms with Crippen LogP contribution in [0.15, 0.2) is 10.5 Å². The van der Waals surface area contributed by atoms with Crippen LogP contribution >= 0.6 is 27.3 Å². The predicted molar refractivity (Wildman–Crippen MR) is 41.8 cm³/mol. The van der Waals surface area contributed by atoms with Crippen LogP contribution in [0.3, 0.4) is 0 Å². The normalized spacial score (nSPS) is 9.44. The molecule has 0 fully saturated rings. The maximum Gasteiger partial charge on any atom is 0.160 e. The Morgan fingerprint density at radius 1 is 1.78 bits per heavy atom. The number of nitrogen functional groups attached to an aromatic ring is 1. The van der Waals surface area contributed by atoms with E-state index in [1.165, 1.54) is 11.3 Å². The van der Waals surface area contributed by atoms with Crippen LogP contribution in [0.25, 0.3) is 0 Å². The van der Waals surface area contributed by atoms with Crippen molar-refractivity contribution in [2.24, 2.45) is 0 Å². The Hall–Kier alpha value is -0.350. The van der Waals surface area contributed by atoms with E-state index in [0.717, 1.165) is 10.8 Å². The fraction of sp³-hybridized carbons (Fsp3) is 0. The van der Waals surface area contributed by atoms with Gasteiger partial charge in [0.05, 0.1) is 9.35 Å². The number of rotatable bonds is 1. The van der Waals surface area contributed by atoms with Crippen LogP contribution in [-0.2, 0) is 0 Å². The van der Waals surface area contributed by atoms with Gasteiger partial charge < -0.3 is 5.73 Å². The smallest absolute Gasteiger partial charge is 0.160 e. The van der Waals surface area contributed by atoms with Crippen LogP contribution in [0, 0.1) is 0 Å². The Morgan fingerprint density at radius 3 is 2.67 bits per heavy atom. The van der Waals surface area contributed by atoms with Crippen LogP contribution in [0.4, 0.5) is 5.00 Å². The monoisotopic (exact) mass is 205 g/mol. The zero-order valence-corrected chi connectivity index (χ0v) is 6.83. The topological polar surface area (TPSA) is 43.1 Å². The lowest BCUT2D eigenvalue weighted by molar-refractivity contribution is 0.112. The lowest BCUT2D eigenvalue weighted by atomic mass is 10.5. The molecule has 0 spiro atoms. The molecule has 0 aromatic carbocycles. The second kappa shape index (κ2) is 2.49. The van der Waals surface area contributed by atoms with Gasteiger partial charge in [0, 0.05) is 0 Å². The fourth-order valence-electron chi connectivity index (χ4n) is 0.459. The lowest BCUT2D eigenvalue weighted by Crippen LogP contribution is -1.75. The van der Waals surface area contributed by atoms with Gasteiger partial charge in [-0.25, -0.2) is 0 Å². The van der Waals surface area contributed by atoms with E-state index in [0.29, 0.717) is 9.88 Å². The zero-order valence-electron chi connectivity index (χ0n) is 4.43. The predicted octanol–water partition coefficient (Wildman–Crippen LogP) is 1.91. The van der Waals surface area contributed by atoms with Gasteiger partial charge in [0.2, 0.25) is 0 Å². The van der Waals surface area contributed by atoms with Crippen LogP contribution in [0.5, 0.6) is 0 Å². The quantitative estimate of drug-likeness (QED) is 0.713. The second-order valence-corrected chi connectivity index (χ2v) is 3.45. The van der Waals surface area contributed by atoms with Crippen LogP contribution in [0.1, 0.15) is 9.67 Å². The molecule has 0 amide bonds. The summed E-state index contributed by atoms with van der Waals surface area (Å²) in [6.07, 6.45) is 0.784. The molecule has 0 aliphatic heterocycles. The van der Waals surface area contributed by atoms with E-state index < -0.39 is 0 Å². The third kappa shape index (κ3) is 1.31. The Labute approximate surface area is 64.8 Å². The first-order valence-corrected chi connectivity index (χ1v) is 3.85. The van der Waals surface area contributed by atoms with E-state index in [1.54, 1.807) is 6.07 Å². The molecule has 0 saturated heterocycles. The molecule has 0 saturated carbocycles. The van der Waals surface area contributed by atoms with Gasteiger partial charge in [0.1, 0.15) is 5.00 Å². The zero-order chi connectivity index (χ0) is 6.85. The van der Waals surface area contributed by atoms with E-state index in [-0.39, 0.29) is 0 Å². The molecule has 48 valence electrons. The van der Waals surface area contributed by atoms with Crippen molar-refractivity contribution in [1.29, 1.82) is 0 Å². The highest BCUT2D eigenvalue weighted by Gasteiger charge is 2.00. The lowest BCUT2D eigenvalue weighted by Gasteiger charge is -1.78. The number of carbonyl (C=O) groups is 1. The summed E-state index contributed by atoms with van der Waals surface area (Å²) in [4.78, 5) is 10.8. The summed E-state index contributed by atoms with van der Waals surface area (Å²) >= 11 is 4.46. The summed E-state index contributed by atoms with van der Waals surface area (Å²) in [7, 11) is 0. The molecule has 0 bridgehead atoms. The molecule has 2 nitrogen and oxygen atoms in total. The molecule has 9 heavy (non-hydrogen) atoms. The summed E-state index contributed by atoms with van der Waals surface area (Å²) in [5.41, 5.74) is 5.43. The number of halogens is 1. The largest absolute Gasteiger partial charge is 0.390 e. The van der Waals surface area contributed by atoms with Gasteiger partial charge in [-0.05, 0) is 22.0 Å². The molecule has 1 aromatic rings. The maximum atomic E-state index is 10.1. The highest BCUT2D eigenvalue weighted by atomic mass is 79.9. The third-order valence-corrected chi connectivity index (χ3v) is 2.66. The van der Waals surface area contributed by atoms with Crippen molar-refractivity contribution in [2.45, 2.75) is 0 Å². The molecule has 1 heterocycles. The molecule has 1 rings (SSSR count). The van der Waals surface area contributed by atoms with Gasteiger partial charge in [0.15, 0.2) is 6.29 Å². The number of carbonyl (C=O) groups excluding carboxylic acids is 1. The number of anilines is 1. The van der Waals surface area contributed by atoms with Gasteiger partial charge in [-0.3, -0.25) is 4.79 Å². The van der Waals surface area contributed by atoms with Gasteiger partial charge in [0.25, 0.3) is 0 Å². The Balaban J connectivity index is 3.11. The molecular formula is C5H4BrNOS. The number of aldehydes is 1. The van der Waals surface area contributed by atoms with E-state index in [9.17, 15) is 4.79 Å². The van der Waals surface area contributed by atoms with Crippen molar-refractivity contribution in [2.75, 3.05) is 5.73 Å². The Bertz CT molecular complexity index is 213. The molecule has 0 unspecified atom stereocenters. The van der Waals surface area contributed by atoms with Crippen LogP contribution in [-0.4, -0.2) is 6.29 Å². The minimum Gasteiger partial charge on any atom is -0.390 e. The molecule has 2 N–H and O–H groups in total. The second-order valence-electron chi connectivity index (χ2n) is 1.48. The number of nitrogens with two attached hydrogens (primary N) is 1. The minimum atomic E-state index is 0.650. The summed E-state index contributed by atoms with van der Waals surface area (Å²) in [5, 5.41) is 0.650. The highest BCUT2D eigenvalue weighted by Crippen LogP contribution is 2.28. The SMILES string of the molecule is Nc1sc(C=O)cc1Br. The molecule has 0 atom stereocenters. The van der Waals surface area contributed by atoms with Crippen molar-refractivity contribution < 1.29 is 4.79 Å². The summed E-state index contributed by atoms with van der Waals surface area (Å²) in [6.45, 7) is 0. The fourth-order valence-corrected chi connectivity index (χ4v) is 1.74. The van der Waals surface area contributed by atoms with Crippen molar-refractivity contribution in [3.8, 4) is 0 Å². The van der Waals surface area contributed by atoms with Crippen LogP contribution in [0.2, 0.25) is 0 Å². The average Bonchev–Trinajstić information content (AvgIpc) is 2.13. The van der Waals surface area contributed by atoms with E-state index in [4.69, 9.17) is 5.73 Å². The van der Waals surface area contributed by atoms with Crippen LogP contribution < -0.4 is 5.73 Å². The average molecular weight is 206 g/mol. The van der Waals surface area contributed by atoms with Crippen molar-refractivity contribution >= 4 is 38.6 Å². The highest BCUT2D eigenvalue weighted by molar-refractivity contribution is 9.10. The standard InChI is InChI=1S/C5H4BrNOS/c6-4-1-3(2-8)9-5(4)7/h1-2H,7H2. The van der Waals surface area contributed by atoms with E-state index >= 15 is 0 Å². The first-order chi connectivity index (χ1) is 4.24. The summed E-state index contributed by atoms with van der Waals surface area (Å²) in [6, 6.07) is 1.70. The van der Waals surface area contributed by atoms with Gasteiger partial charge >= 0.3 is 0 Å². The molecule has 0 aliphatic rings.